The van der Waals surface area contributed by atoms with E-state index < -0.39 is 0 Å². The Labute approximate surface area is 674 Å². The summed E-state index contributed by atoms with van der Waals surface area (Å²) in [5.74, 6) is 0. The van der Waals surface area contributed by atoms with E-state index in [1.54, 1.807) is 0 Å². The molecule has 0 aliphatic heterocycles. The average Bonchev–Trinajstić information content (AvgIpc) is 0.689. The highest BCUT2D eigenvalue weighted by Gasteiger charge is 2.36. The van der Waals surface area contributed by atoms with Gasteiger partial charge in [0.1, 0.15) is 0 Å². The smallest absolute Gasteiger partial charge is 0.0723 e. The van der Waals surface area contributed by atoms with Crippen LogP contribution >= 0.6 is 0 Å². The lowest BCUT2D eigenvalue weighted by atomic mass is 9.87. The Hall–Kier alpha value is -13.8. The van der Waals surface area contributed by atoms with Crippen LogP contribution in [0, 0.1) is 0 Å². The molecule has 0 unspecified atom stereocenters. The predicted octanol–water partition coefficient (Wildman–Crippen LogP) is 27.3. The summed E-state index contributed by atoms with van der Waals surface area (Å²) in [6.07, 6.45) is 22.6. The third-order valence-electron chi connectivity index (χ3n) is 24.2. The van der Waals surface area contributed by atoms with Crippen LogP contribution in [0.15, 0.2) is 280 Å². The third-order valence-corrected chi connectivity index (χ3v) is 24.2. The van der Waals surface area contributed by atoms with E-state index in [-0.39, 0.29) is 0 Å². The Kier molecular flexibility index (Phi) is 18.0. The molecule has 0 saturated carbocycles. The van der Waals surface area contributed by atoms with E-state index in [1.807, 2.05) is 0 Å². The molecule has 12 nitrogen and oxygen atoms in total. The summed E-state index contributed by atoms with van der Waals surface area (Å²) in [4.78, 5) is 53.2. The lowest BCUT2D eigenvalue weighted by molar-refractivity contribution is 1.07. The molecule has 0 aliphatic carbocycles. The third kappa shape index (κ3) is 11.2. The van der Waals surface area contributed by atoms with Gasteiger partial charge in [-0.25, -0.2) is 0 Å². The Bertz CT molecular complexity index is 6130. The molecule has 0 saturated heterocycles. The van der Waals surface area contributed by atoms with Crippen molar-refractivity contribution < 1.29 is 0 Å². The van der Waals surface area contributed by atoms with Crippen molar-refractivity contribution in [1.82, 2.24) is 39.9 Å². The van der Waals surface area contributed by atoms with Crippen LogP contribution in [0.2, 0.25) is 0 Å². The van der Waals surface area contributed by atoms with E-state index in [0.717, 1.165) is 232 Å². The average molecular weight is 1500 g/mol. The van der Waals surface area contributed by atoms with Gasteiger partial charge in [-0.2, -0.15) is 0 Å². The first-order valence-corrected chi connectivity index (χ1v) is 41.2. The molecule has 12 heteroatoms. The summed E-state index contributed by atoms with van der Waals surface area (Å²) in [5, 5.41) is 14.7. The highest BCUT2D eigenvalue weighted by molar-refractivity contribution is 6.35. The Morgan fingerprint density at radius 3 is 0.448 bits per heavy atom. The van der Waals surface area contributed by atoms with Gasteiger partial charge in [-0.15, -0.1) is 0 Å². The molecule has 0 atom stereocenters. The topological polar surface area (TPSA) is 116 Å². The molecule has 8 heterocycles. The van der Waals surface area contributed by atoms with E-state index in [1.165, 1.54) is 0 Å². The molecule has 0 radical (unpaired) electrons. The Balaban J connectivity index is 1.09. The van der Waals surface area contributed by atoms with Crippen LogP contribution in [0.3, 0.4) is 0 Å². The molecule has 0 aliphatic rings. The molecular formula is C104H86N12. The Morgan fingerprint density at radius 1 is 0.172 bits per heavy atom. The van der Waals surface area contributed by atoms with E-state index in [0.29, 0.717) is 51.4 Å². The Morgan fingerprint density at radius 2 is 0.310 bits per heavy atom. The summed E-state index contributed by atoms with van der Waals surface area (Å²) < 4.78 is 0. The maximum Gasteiger partial charge on any atom is 0.0723 e. The highest BCUT2D eigenvalue weighted by Crippen LogP contribution is 2.60. The number of fused-ring (bicyclic) bond motifs is 8. The summed E-state index contributed by atoms with van der Waals surface area (Å²) in [7, 11) is 0. The molecule has 562 valence electrons. The van der Waals surface area contributed by atoms with Crippen molar-refractivity contribution in [3.8, 4) is 0 Å². The molecule has 116 heavy (non-hydrogen) atoms. The van der Waals surface area contributed by atoms with Crippen molar-refractivity contribution in [3.63, 3.8) is 0 Å². The SMILES string of the molecule is CCc1cnc2ccccc2c1N(c1c(CC)cnc2ccccc12)c1cc(N(c2c(CC)cnc3ccccc23)c2c(CC)cnc3ccccc23)c2ccc3c(N(c4c(CC)cnc5ccccc45)c4c(CC)cnc5ccccc45)cc(N(c4c(CC)cnc5ccccc45)c4c(CC)cnc5ccccc45)c4ccc1c2c43. The number of aromatic nitrogens is 8. The molecule has 0 amide bonds. The van der Waals surface area contributed by atoms with Crippen LogP contribution in [0.5, 0.6) is 0 Å². The van der Waals surface area contributed by atoms with Gasteiger partial charge in [-0.05, 0) is 157 Å². The number of rotatable bonds is 20. The second kappa shape index (κ2) is 29.3. The lowest BCUT2D eigenvalue weighted by Crippen LogP contribution is -2.20. The van der Waals surface area contributed by atoms with Crippen LogP contribution < -0.4 is 19.6 Å². The molecule has 20 aromatic rings. The van der Waals surface area contributed by atoms with Crippen LogP contribution in [0.4, 0.5) is 68.2 Å². The van der Waals surface area contributed by atoms with Crippen LogP contribution in [0.1, 0.15) is 99.9 Å². The number of anilines is 12. The minimum atomic E-state index is 0.697. The first kappa shape index (κ1) is 71.2. The standard InChI is InChI=1S/C104H86N12/c1-9-63-55-105-83-41-25-17-33-71(83)97(63)113(98-64(10-2)56-106-84-42-26-18-34-72(84)98)91-53-92(114(99-65(11-3)57-107-85-43-27-19-35-73(85)99)100-66(12-4)58-108-86-44-28-20-36-74(86)100)80-51-52-82-94(116(103-69(15-7)61-111-89-47-31-23-39-77(89)103)104-70(16-8)62-112-90-48-32-24-40-78(90)104)54-93(81-50-49-79(91)95(80)96(81)82)115(101-67(13-5)59-109-87-45-29-21-37-75(87)101)102-68(14-6)60-110-88-46-30-22-38-76(88)102/h17-62H,9-16H2,1-8H3. The summed E-state index contributed by atoms with van der Waals surface area (Å²) >= 11 is 0. The first-order valence-electron chi connectivity index (χ1n) is 41.2. The molecule has 0 fully saturated rings. The molecule has 0 spiro atoms. The maximum absolute atomic E-state index is 5.33. The van der Waals surface area contributed by atoms with Crippen molar-refractivity contribution in [1.29, 1.82) is 0 Å². The molecule has 0 N–H and O–H groups in total. The summed E-state index contributed by atoms with van der Waals surface area (Å²) in [5.41, 5.74) is 28.5. The van der Waals surface area contributed by atoms with E-state index in [4.69, 9.17) is 39.9 Å². The quantitative estimate of drug-likeness (QED) is 0.0677. The zero-order valence-corrected chi connectivity index (χ0v) is 66.6. The van der Waals surface area contributed by atoms with Crippen LogP contribution in [-0.2, 0) is 51.4 Å². The number of benzene rings is 12. The van der Waals surface area contributed by atoms with E-state index in [2.05, 4.69) is 355 Å². The predicted molar refractivity (Wildman–Crippen MR) is 486 cm³/mol. The summed E-state index contributed by atoms with van der Waals surface area (Å²) in [6.45, 7) is 18.2. The van der Waals surface area contributed by atoms with Crippen molar-refractivity contribution in [2.24, 2.45) is 0 Å². The van der Waals surface area contributed by atoms with Crippen molar-refractivity contribution in [2.45, 2.75) is 107 Å². The van der Waals surface area contributed by atoms with Crippen molar-refractivity contribution in [2.75, 3.05) is 19.6 Å². The lowest BCUT2D eigenvalue weighted by Gasteiger charge is -2.38. The van der Waals surface area contributed by atoms with Gasteiger partial charge in [0, 0.05) is 125 Å². The van der Waals surface area contributed by atoms with Gasteiger partial charge in [0.25, 0.3) is 0 Å². The second-order valence-electron chi connectivity index (χ2n) is 30.3. The number of hydrogen-bond acceptors (Lipinski definition) is 12. The zero-order chi connectivity index (χ0) is 78.4. The van der Waals surface area contributed by atoms with E-state index >= 15 is 0 Å². The highest BCUT2D eigenvalue weighted by atomic mass is 15.2. The van der Waals surface area contributed by atoms with Crippen LogP contribution in [-0.4, -0.2) is 39.9 Å². The van der Waals surface area contributed by atoms with Gasteiger partial charge in [0.15, 0.2) is 0 Å². The second-order valence-corrected chi connectivity index (χ2v) is 30.3. The number of hydrogen-bond donors (Lipinski definition) is 0. The molecule has 8 aromatic heterocycles. The minimum Gasteiger partial charge on any atom is -0.308 e. The molecule has 0 bridgehead atoms. The van der Waals surface area contributed by atoms with Crippen molar-refractivity contribution >= 4 is 188 Å². The number of aryl methyl sites for hydroxylation is 8. The number of nitrogens with zero attached hydrogens (tertiary/aromatic N) is 12. The van der Waals surface area contributed by atoms with E-state index in [9.17, 15) is 0 Å². The maximum atomic E-state index is 5.33. The fourth-order valence-corrected chi connectivity index (χ4v) is 18.6. The minimum absolute atomic E-state index is 0.697. The van der Waals surface area contributed by atoms with Crippen molar-refractivity contribution in [3.05, 3.63) is 325 Å². The summed E-state index contributed by atoms with van der Waals surface area (Å²) in [6, 6.07) is 84.8. The monoisotopic (exact) mass is 1500 g/mol. The first-order chi connectivity index (χ1) is 57.3. The fourth-order valence-electron chi connectivity index (χ4n) is 18.6. The van der Waals surface area contributed by atoms with Gasteiger partial charge in [0.2, 0.25) is 0 Å². The fraction of sp³-hybridized carbons (Fsp3) is 0.154. The van der Waals surface area contributed by atoms with Gasteiger partial charge >= 0.3 is 0 Å². The zero-order valence-electron chi connectivity index (χ0n) is 66.6. The molecule has 12 aromatic carbocycles. The van der Waals surface area contributed by atoms with Gasteiger partial charge in [0.05, 0.1) is 112 Å². The van der Waals surface area contributed by atoms with Crippen LogP contribution in [0.25, 0.3) is 120 Å². The largest absolute Gasteiger partial charge is 0.308 e. The molecular weight excluding hydrogens is 1420 g/mol. The molecule has 20 rings (SSSR count). The van der Waals surface area contributed by atoms with Gasteiger partial charge in [-0.3, -0.25) is 39.9 Å². The van der Waals surface area contributed by atoms with Gasteiger partial charge < -0.3 is 19.6 Å². The number of pyridine rings is 8. The normalized spacial score (nSPS) is 11.9. The number of para-hydroxylation sites is 8. The van der Waals surface area contributed by atoms with Gasteiger partial charge in [-0.1, -0.05) is 225 Å².